The van der Waals surface area contributed by atoms with Gasteiger partial charge in [0, 0.05) is 24.1 Å². The van der Waals surface area contributed by atoms with E-state index in [1.54, 1.807) is 7.11 Å². The van der Waals surface area contributed by atoms with Crippen LogP contribution in [0.2, 0.25) is 0 Å². The number of nitrogens with one attached hydrogen (secondary N) is 1. The van der Waals surface area contributed by atoms with Gasteiger partial charge in [-0.05, 0) is 28.8 Å². The summed E-state index contributed by atoms with van der Waals surface area (Å²) in [5.41, 5.74) is 11.3. The molecule has 35 heavy (non-hydrogen) atoms. The Kier molecular flexibility index (Phi) is 5.21. The molecule has 4 unspecified atom stereocenters. The Morgan fingerprint density at radius 1 is 0.943 bits per heavy atom. The molecule has 0 fully saturated rings. The van der Waals surface area contributed by atoms with Gasteiger partial charge in [-0.1, -0.05) is 66.7 Å². The minimum absolute atomic E-state index is 0.133. The van der Waals surface area contributed by atoms with Crippen molar-refractivity contribution in [2.75, 3.05) is 7.11 Å². The van der Waals surface area contributed by atoms with Crippen molar-refractivity contribution in [1.29, 1.82) is 0 Å². The predicted octanol–water partition coefficient (Wildman–Crippen LogP) is 4.41. The van der Waals surface area contributed by atoms with E-state index in [2.05, 4.69) is 5.32 Å². The van der Waals surface area contributed by atoms with E-state index in [-0.39, 0.29) is 17.6 Å². The number of ether oxygens (including phenoxy) is 3. The Bertz CT molecular complexity index is 1330. The Hall–Kier alpha value is -4.19. The van der Waals surface area contributed by atoms with E-state index in [1.165, 1.54) is 0 Å². The van der Waals surface area contributed by atoms with E-state index >= 15 is 0 Å². The van der Waals surface area contributed by atoms with Crippen molar-refractivity contribution in [2.24, 2.45) is 11.7 Å². The van der Waals surface area contributed by atoms with Crippen LogP contribution in [0.3, 0.4) is 0 Å². The summed E-state index contributed by atoms with van der Waals surface area (Å²) in [6.07, 6.45) is 1.21. The molecule has 0 spiro atoms. The van der Waals surface area contributed by atoms with Gasteiger partial charge >= 0.3 is 0 Å². The van der Waals surface area contributed by atoms with Gasteiger partial charge in [-0.15, -0.1) is 0 Å². The van der Waals surface area contributed by atoms with Crippen molar-refractivity contribution >= 4 is 11.5 Å². The summed E-state index contributed by atoms with van der Waals surface area (Å²) in [7, 11) is 1.64. The van der Waals surface area contributed by atoms with Crippen LogP contribution in [0.25, 0.3) is 5.76 Å². The highest BCUT2D eigenvalue weighted by Crippen LogP contribution is 2.51. The summed E-state index contributed by atoms with van der Waals surface area (Å²) in [5.74, 6) is 1.14. The van der Waals surface area contributed by atoms with Gasteiger partial charge < -0.3 is 25.3 Å². The van der Waals surface area contributed by atoms with Crippen molar-refractivity contribution < 1.29 is 19.0 Å². The lowest BCUT2D eigenvalue weighted by Gasteiger charge is -2.43. The molecule has 3 N–H and O–H groups in total. The SMILES string of the molecule is COc1ccc(C2C(C3NC=C(c4ccccc4)O3)=C(N)OC3c4ccccc4CC(=O)C32)cc1. The van der Waals surface area contributed by atoms with Gasteiger partial charge in [0.05, 0.1) is 18.6 Å². The lowest BCUT2D eigenvalue weighted by molar-refractivity contribution is -0.130. The van der Waals surface area contributed by atoms with Gasteiger partial charge in [0.15, 0.2) is 12.1 Å². The summed E-state index contributed by atoms with van der Waals surface area (Å²) >= 11 is 0. The molecule has 0 saturated carbocycles. The van der Waals surface area contributed by atoms with Gasteiger partial charge in [0.25, 0.3) is 0 Å². The van der Waals surface area contributed by atoms with Crippen LogP contribution in [0.5, 0.6) is 5.75 Å². The van der Waals surface area contributed by atoms with Gasteiger partial charge in [-0.2, -0.15) is 0 Å². The maximum atomic E-state index is 13.6. The zero-order valence-corrected chi connectivity index (χ0v) is 19.3. The Morgan fingerprint density at radius 2 is 1.69 bits per heavy atom. The van der Waals surface area contributed by atoms with Gasteiger partial charge in [-0.3, -0.25) is 4.79 Å². The van der Waals surface area contributed by atoms with Crippen molar-refractivity contribution in [3.05, 3.63) is 119 Å². The first kappa shape index (κ1) is 21.4. The minimum Gasteiger partial charge on any atom is -0.497 e. The van der Waals surface area contributed by atoms with E-state index in [1.807, 2.05) is 85.1 Å². The molecule has 0 bridgehead atoms. The number of benzene rings is 3. The number of fused-ring (bicyclic) bond motifs is 3. The smallest absolute Gasteiger partial charge is 0.198 e. The van der Waals surface area contributed by atoms with Gasteiger partial charge in [0.2, 0.25) is 0 Å². The summed E-state index contributed by atoms with van der Waals surface area (Å²) in [5, 5.41) is 3.32. The molecule has 0 radical (unpaired) electrons. The Balaban J connectivity index is 1.43. The van der Waals surface area contributed by atoms with Crippen LogP contribution in [-0.2, 0) is 20.7 Å². The van der Waals surface area contributed by atoms with E-state index < -0.39 is 18.2 Å². The lowest BCUT2D eigenvalue weighted by Crippen LogP contribution is -2.44. The normalized spacial score (nSPS) is 24.9. The molecule has 6 nitrogen and oxygen atoms in total. The molecule has 3 aromatic carbocycles. The summed E-state index contributed by atoms with van der Waals surface area (Å²) in [4.78, 5) is 13.6. The third-order valence-corrected chi connectivity index (χ3v) is 7.08. The van der Waals surface area contributed by atoms with Crippen LogP contribution in [0.15, 0.2) is 96.5 Å². The minimum atomic E-state index is -0.553. The molecule has 6 rings (SSSR count). The highest BCUT2D eigenvalue weighted by molar-refractivity contribution is 5.88. The highest BCUT2D eigenvalue weighted by atomic mass is 16.5. The maximum Gasteiger partial charge on any atom is 0.198 e. The molecule has 1 aliphatic carbocycles. The van der Waals surface area contributed by atoms with Crippen molar-refractivity contribution in [3.8, 4) is 5.75 Å². The topological polar surface area (TPSA) is 82.8 Å². The van der Waals surface area contributed by atoms with Crippen molar-refractivity contribution in [3.63, 3.8) is 0 Å². The van der Waals surface area contributed by atoms with E-state index in [9.17, 15) is 4.79 Å². The molecule has 3 aliphatic rings. The second kappa shape index (κ2) is 8.55. The van der Waals surface area contributed by atoms with Gasteiger partial charge in [-0.25, -0.2) is 0 Å². The largest absolute Gasteiger partial charge is 0.497 e. The molecule has 0 saturated heterocycles. The fourth-order valence-electron chi connectivity index (χ4n) is 5.43. The predicted molar refractivity (Wildman–Crippen MR) is 132 cm³/mol. The van der Waals surface area contributed by atoms with Crippen molar-refractivity contribution in [2.45, 2.75) is 24.7 Å². The third kappa shape index (κ3) is 3.62. The fourth-order valence-corrected chi connectivity index (χ4v) is 5.43. The second-order valence-corrected chi connectivity index (χ2v) is 9.02. The zero-order valence-electron chi connectivity index (χ0n) is 19.3. The first-order valence-corrected chi connectivity index (χ1v) is 11.7. The number of Topliss-reactive ketones (excluding diaryl/α,β-unsaturated/α-hetero) is 1. The maximum absolute atomic E-state index is 13.6. The Morgan fingerprint density at radius 3 is 2.46 bits per heavy atom. The molecule has 6 heteroatoms. The highest BCUT2D eigenvalue weighted by Gasteiger charge is 2.50. The van der Waals surface area contributed by atoms with Crippen molar-refractivity contribution in [1.82, 2.24) is 5.32 Å². The number of hydrogen-bond donors (Lipinski definition) is 2. The average molecular weight is 467 g/mol. The standard InChI is InChI=1S/C29H26N2O4/c1-33-20-13-11-18(12-14-20)24-25-22(32)15-19-9-5-6-10-21(19)27(25)35-28(30)26(24)29-31-16-23(34-29)17-7-3-2-4-8-17/h2-14,16,24-25,27,29,31H,15,30H2,1H3. The Labute approximate surface area is 204 Å². The molecule has 3 aromatic rings. The summed E-state index contributed by atoms with van der Waals surface area (Å²) < 4.78 is 18.0. The van der Waals surface area contributed by atoms with E-state index in [0.29, 0.717) is 12.2 Å². The number of carbonyl (C=O) groups is 1. The van der Waals surface area contributed by atoms with Crippen LogP contribution in [0, 0.1) is 5.92 Å². The number of carbonyl (C=O) groups excluding carboxylic acids is 1. The molecule has 0 amide bonds. The number of nitrogens with two attached hydrogens (primary N) is 1. The lowest BCUT2D eigenvalue weighted by atomic mass is 9.67. The summed E-state index contributed by atoms with van der Waals surface area (Å²) in [6, 6.07) is 25.6. The molecule has 2 heterocycles. The average Bonchev–Trinajstić information content (AvgIpc) is 3.38. The van der Waals surface area contributed by atoms with E-state index in [0.717, 1.165) is 33.6 Å². The van der Waals surface area contributed by atoms with Crippen LogP contribution in [-0.4, -0.2) is 19.1 Å². The third-order valence-electron chi connectivity index (χ3n) is 7.08. The number of rotatable bonds is 4. The molecule has 0 aromatic heterocycles. The first-order chi connectivity index (χ1) is 17.1. The van der Waals surface area contributed by atoms with Crippen LogP contribution in [0.4, 0.5) is 0 Å². The fraction of sp³-hybridized carbons (Fsp3) is 0.207. The van der Waals surface area contributed by atoms with Gasteiger partial charge in [0.1, 0.15) is 23.4 Å². The summed E-state index contributed by atoms with van der Waals surface area (Å²) in [6.45, 7) is 0. The molecule has 4 atom stereocenters. The number of hydrogen-bond acceptors (Lipinski definition) is 6. The van der Waals surface area contributed by atoms with Crippen LogP contribution >= 0.6 is 0 Å². The zero-order chi connectivity index (χ0) is 23.9. The molecular formula is C29H26N2O4. The number of ketones is 1. The number of methoxy groups -OCH3 is 1. The molecular weight excluding hydrogens is 440 g/mol. The molecule has 2 aliphatic heterocycles. The molecule has 176 valence electrons. The monoisotopic (exact) mass is 466 g/mol. The first-order valence-electron chi connectivity index (χ1n) is 11.7. The quantitative estimate of drug-likeness (QED) is 0.593. The van der Waals surface area contributed by atoms with Crippen LogP contribution in [0.1, 0.15) is 34.3 Å². The second-order valence-electron chi connectivity index (χ2n) is 9.02. The van der Waals surface area contributed by atoms with Crippen LogP contribution < -0.4 is 15.8 Å². The van der Waals surface area contributed by atoms with E-state index in [4.69, 9.17) is 19.9 Å².